The Morgan fingerprint density at radius 1 is 1.32 bits per heavy atom. The summed E-state index contributed by atoms with van der Waals surface area (Å²) in [6, 6.07) is 6.53. The molecule has 0 saturated heterocycles. The Bertz CT molecular complexity index is 928. The van der Waals surface area contributed by atoms with Crippen LogP contribution in [0.25, 0.3) is 10.9 Å². The molecule has 1 amide bonds. The van der Waals surface area contributed by atoms with E-state index in [0.29, 0.717) is 28.6 Å². The predicted molar refractivity (Wildman–Crippen MR) is 88.9 cm³/mol. The Kier molecular flexibility index (Phi) is 4.56. The highest BCUT2D eigenvalue weighted by Gasteiger charge is 2.24. The maximum atomic E-state index is 14.0. The highest BCUT2D eigenvalue weighted by atomic mass is 19.1. The van der Waals surface area contributed by atoms with E-state index in [2.05, 4.69) is 10.3 Å². The zero-order valence-corrected chi connectivity index (χ0v) is 13.5. The molecule has 0 bridgehead atoms. The summed E-state index contributed by atoms with van der Waals surface area (Å²) < 4.78 is 19.4. The highest BCUT2D eigenvalue weighted by Crippen LogP contribution is 2.22. The van der Waals surface area contributed by atoms with E-state index < -0.39 is 23.7 Å². The Morgan fingerprint density at radius 2 is 2.12 bits per heavy atom. The van der Waals surface area contributed by atoms with Gasteiger partial charge in [0.15, 0.2) is 5.76 Å². The molecule has 2 heterocycles. The predicted octanol–water partition coefficient (Wildman–Crippen LogP) is 2.89. The highest BCUT2D eigenvalue weighted by molar-refractivity contribution is 5.94. The number of benzene rings is 1. The van der Waals surface area contributed by atoms with Crippen molar-refractivity contribution in [2.75, 3.05) is 0 Å². The molecule has 0 saturated carbocycles. The molecule has 0 aliphatic heterocycles. The minimum absolute atomic E-state index is 0.0493. The van der Waals surface area contributed by atoms with Gasteiger partial charge in [0, 0.05) is 29.9 Å². The molecule has 1 unspecified atom stereocenters. The first-order valence-electron chi connectivity index (χ1n) is 7.86. The number of hydrogen-bond donors (Lipinski definition) is 3. The molecule has 0 spiro atoms. The van der Waals surface area contributed by atoms with Crippen LogP contribution in [-0.4, -0.2) is 28.0 Å². The van der Waals surface area contributed by atoms with Crippen LogP contribution in [0.15, 0.2) is 40.9 Å². The molecule has 25 heavy (non-hydrogen) atoms. The summed E-state index contributed by atoms with van der Waals surface area (Å²) in [5, 5.41) is 12.2. The van der Waals surface area contributed by atoms with Crippen LogP contribution in [0.1, 0.15) is 28.8 Å². The third-order valence-corrected chi connectivity index (χ3v) is 4.00. The van der Waals surface area contributed by atoms with E-state index in [1.165, 1.54) is 12.1 Å². The van der Waals surface area contributed by atoms with Crippen LogP contribution in [-0.2, 0) is 17.6 Å². The van der Waals surface area contributed by atoms with Crippen molar-refractivity contribution in [3.05, 3.63) is 59.4 Å². The number of fused-ring (bicyclic) bond motifs is 1. The zero-order chi connectivity index (χ0) is 18.0. The fourth-order valence-corrected chi connectivity index (χ4v) is 2.71. The van der Waals surface area contributed by atoms with Gasteiger partial charge in [-0.2, -0.15) is 0 Å². The second-order valence-corrected chi connectivity index (χ2v) is 5.66. The lowest BCUT2D eigenvalue weighted by Crippen LogP contribution is -2.42. The number of furan rings is 1. The summed E-state index contributed by atoms with van der Waals surface area (Å²) in [4.78, 5) is 26.6. The molecule has 7 heteroatoms. The topological polar surface area (TPSA) is 95.3 Å². The number of aromatic amines is 1. The minimum Gasteiger partial charge on any atom is -0.480 e. The first-order chi connectivity index (χ1) is 12.0. The Hall–Kier alpha value is -3.09. The molecule has 0 aliphatic carbocycles. The molecule has 3 N–H and O–H groups in total. The van der Waals surface area contributed by atoms with Gasteiger partial charge in [-0.25, -0.2) is 9.18 Å². The number of amides is 1. The van der Waals surface area contributed by atoms with Gasteiger partial charge in [0.1, 0.15) is 17.6 Å². The van der Waals surface area contributed by atoms with Crippen molar-refractivity contribution in [1.82, 2.24) is 10.3 Å². The van der Waals surface area contributed by atoms with Crippen LogP contribution in [0, 0.1) is 5.82 Å². The van der Waals surface area contributed by atoms with Gasteiger partial charge in [-0.1, -0.05) is 13.0 Å². The Morgan fingerprint density at radius 3 is 2.80 bits per heavy atom. The van der Waals surface area contributed by atoms with Crippen molar-refractivity contribution in [1.29, 1.82) is 0 Å². The maximum absolute atomic E-state index is 14.0. The Labute approximate surface area is 142 Å². The minimum atomic E-state index is -1.21. The van der Waals surface area contributed by atoms with Crippen LogP contribution in [0.3, 0.4) is 0 Å². The molecule has 3 aromatic rings. The fourth-order valence-electron chi connectivity index (χ4n) is 2.71. The monoisotopic (exact) mass is 344 g/mol. The van der Waals surface area contributed by atoms with Gasteiger partial charge in [-0.3, -0.25) is 4.79 Å². The summed E-state index contributed by atoms with van der Waals surface area (Å²) in [6.07, 6.45) is 2.13. The van der Waals surface area contributed by atoms with E-state index in [1.54, 1.807) is 24.4 Å². The van der Waals surface area contributed by atoms with Crippen molar-refractivity contribution in [2.45, 2.75) is 25.8 Å². The third-order valence-electron chi connectivity index (χ3n) is 4.00. The average Bonchev–Trinajstić information content (AvgIpc) is 3.21. The smallest absolute Gasteiger partial charge is 0.326 e. The van der Waals surface area contributed by atoms with E-state index in [9.17, 15) is 19.1 Å². The summed E-state index contributed by atoms with van der Waals surface area (Å²) in [7, 11) is 0. The normalized spacial score (nSPS) is 12.2. The lowest BCUT2D eigenvalue weighted by atomic mass is 10.0. The maximum Gasteiger partial charge on any atom is 0.326 e. The van der Waals surface area contributed by atoms with E-state index in [4.69, 9.17) is 4.42 Å². The van der Waals surface area contributed by atoms with Gasteiger partial charge in [0.2, 0.25) is 0 Å². The second-order valence-electron chi connectivity index (χ2n) is 5.66. The van der Waals surface area contributed by atoms with Gasteiger partial charge in [0.05, 0.1) is 0 Å². The first kappa shape index (κ1) is 16.8. The molecule has 2 aromatic heterocycles. The standard InChI is InChI=1S/C18H17FN2O4/c1-2-11-6-7-15(25-11)17(22)21-14(18(23)24)8-10-9-20-13-5-3-4-12(19)16(10)13/h3-7,9,14,20H,2,8H2,1H3,(H,21,22)(H,23,24). The van der Waals surface area contributed by atoms with Gasteiger partial charge >= 0.3 is 5.97 Å². The average molecular weight is 344 g/mol. The molecule has 130 valence electrons. The van der Waals surface area contributed by atoms with Crippen LogP contribution in [0.2, 0.25) is 0 Å². The number of carbonyl (C=O) groups excluding carboxylic acids is 1. The number of nitrogens with one attached hydrogen (secondary N) is 2. The number of halogens is 1. The summed E-state index contributed by atoms with van der Waals surface area (Å²) >= 11 is 0. The van der Waals surface area contributed by atoms with Crippen LogP contribution < -0.4 is 5.32 Å². The zero-order valence-electron chi connectivity index (χ0n) is 13.5. The molecule has 6 nitrogen and oxygen atoms in total. The van der Waals surface area contributed by atoms with Gasteiger partial charge in [0.25, 0.3) is 5.91 Å². The van der Waals surface area contributed by atoms with E-state index in [-0.39, 0.29) is 12.2 Å². The molecule has 0 radical (unpaired) electrons. The number of carboxylic acids is 1. The number of carboxylic acid groups (broad SMARTS) is 1. The number of hydrogen-bond acceptors (Lipinski definition) is 3. The largest absolute Gasteiger partial charge is 0.480 e. The number of rotatable bonds is 6. The third kappa shape index (κ3) is 3.40. The fraction of sp³-hybridized carbons (Fsp3) is 0.222. The molecule has 0 fully saturated rings. The first-order valence-corrected chi connectivity index (χ1v) is 7.86. The lowest BCUT2D eigenvalue weighted by molar-refractivity contribution is -0.139. The van der Waals surface area contributed by atoms with Gasteiger partial charge < -0.3 is 19.8 Å². The van der Waals surface area contributed by atoms with E-state index in [0.717, 1.165) is 0 Å². The quantitative estimate of drug-likeness (QED) is 0.641. The summed E-state index contributed by atoms with van der Waals surface area (Å²) in [5.74, 6) is -1.58. The lowest BCUT2D eigenvalue weighted by Gasteiger charge is -2.13. The van der Waals surface area contributed by atoms with Crippen molar-refractivity contribution < 1.29 is 23.5 Å². The summed E-state index contributed by atoms with van der Waals surface area (Å²) in [5.41, 5.74) is 1.05. The molecular formula is C18H17FN2O4. The van der Waals surface area contributed by atoms with Crippen LogP contribution in [0.5, 0.6) is 0 Å². The van der Waals surface area contributed by atoms with Gasteiger partial charge in [-0.05, 0) is 29.8 Å². The molecule has 1 aromatic carbocycles. The number of aliphatic carboxylic acids is 1. The van der Waals surface area contributed by atoms with E-state index in [1.807, 2.05) is 6.92 Å². The molecular weight excluding hydrogens is 327 g/mol. The van der Waals surface area contributed by atoms with Crippen LogP contribution >= 0.6 is 0 Å². The second kappa shape index (κ2) is 6.80. The van der Waals surface area contributed by atoms with Crippen molar-refractivity contribution in [2.24, 2.45) is 0 Å². The van der Waals surface area contributed by atoms with Crippen molar-refractivity contribution in [3.63, 3.8) is 0 Å². The number of carbonyl (C=O) groups is 2. The molecule has 3 rings (SSSR count). The number of aromatic nitrogens is 1. The van der Waals surface area contributed by atoms with Gasteiger partial charge in [-0.15, -0.1) is 0 Å². The number of H-pyrrole nitrogens is 1. The van der Waals surface area contributed by atoms with Crippen molar-refractivity contribution in [3.8, 4) is 0 Å². The molecule has 1 atom stereocenters. The number of aryl methyl sites for hydroxylation is 1. The van der Waals surface area contributed by atoms with E-state index >= 15 is 0 Å². The summed E-state index contributed by atoms with van der Waals surface area (Å²) in [6.45, 7) is 1.88. The van der Waals surface area contributed by atoms with Crippen molar-refractivity contribution >= 4 is 22.8 Å². The SMILES string of the molecule is CCc1ccc(C(=O)NC(Cc2c[nH]c3cccc(F)c23)C(=O)O)o1. The molecule has 0 aliphatic rings. The van der Waals surface area contributed by atoms with Crippen LogP contribution in [0.4, 0.5) is 4.39 Å². The Balaban J connectivity index is 1.81.